The molecule has 0 aliphatic carbocycles. The molecule has 8 nitrogen and oxygen atoms in total. The number of imide groups is 1. The summed E-state index contributed by atoms with van der Waals surface area (Å²) in [5.41, 5.74) is 15.3. The highest BCUT2D eigenvalue weighted by Gasteiger charge is 2.39. The summed E-state index contributed by atoms with van der Waals surface area (Å²) >= 11 is 15.6. The number of amides is 2. The quantitative estimate of drug-likeness (QED) is 0.177. The zero-order valence-corrected chi connectivity index (χ0v) is 28.7. The second-order valence-corrected chi connectivity index (χ2v) is 13.8. The Balaban J connectivity index is 0.000000166. The third-order valence-corrected chi connectivity index (χ3v) is 10.3. The Bertz CT molecular complexity index is 2290. The number of para-hydroxylation sites is 2. The molecule has 0 spiro atoms. The van der Waals surface area contributed by atoms with Crippen molar-refractivity contribution in [3.63, 3.8) is 0 Å². The molecule has 0 saturated carbocycles. The van der Waals surface area contributed by atoms with E-state index < -0.39 is 6.04 Å². The maximum Gasteiger partial charge on any atom is 0.262 e. The van der Waals surface area contributed by atoms with Crippen molar-refractivity contribution in [2.24, 2.45) is 5.73 Å². The van der Waals surface area contributed by atoms with Gasteiger partial charge in [-0.3, -0.25) is 24.5 Å². The standard InChI is InChI=1S/C22H14ClN3O2S.C14H12ClN3S/c1-12(26-21(27)14-6-2-3-7-15(14)22(26)28)16-9-13-5-4-8-17(23)19(13)25-20(16)18-10-24-11-29-18;1-8(16)10-5-9-3-2-4-11(15)13(9)18-14(10)12-6-17-7-19-12/h2-12H,1H3;2-8H,16H2,1H3/t12-;8-/m00/s1. The summed E-state index contributed by atoms with van der Waals surface area (Å²) in [5.74, 6) is -0.584. The SMILES string of the molecule is C[C@@H](c1cc2cccc(Cl)c2nc1-c1cncs1)N1C(=O)c2ccccc2C1=O.C[C@H](N)c1cc2cccc(Cl)c2nc1-c1cncs1. The summed E-state index contributed by atoms with van der Waals surface area (Å²) in [4.78, 5) is 46.9. The van der Waals surface area contributed by atoms with Gasteiger partial charge >= 0.3 is 0 Å². The van der Waals surface area contributed by atoms with Crippen LogP contribution in [-0.2, 0) is 0 Å². The van der Waals surface area contributed by atoms with Crippen molar-refractivity contribution >= 4 is 79.5 Å². The summed E-state index contributed by atoms with van der Waals surface area (Å²) in [6, 6.07) is 21.7. The van der Waals surface area contributed by atoms with E-state index in [9.17, 15) is 9.59 Å². The Morgan fingerprint density at radius 3 is 1.62 bits per heavy atom. The Kier molecular flexibility index (Phi) is 8.76. The minimum Gasteiger partial charge on any atom is -0.324 e. The zero-order chi connectivity index (χ0) is 33.5. The molecule has 238 valence electrons. The van der Waals surface area contributed by atoms with Gasteiger partial charge in [0.15, 0.2) is 0 Å². The first kappa shape index (κ1) is 32.0. The number of nitrogens with two attached hydrogens (primary N) is 1. The molecule has 0 fully saturated rings. The Labute approximate surface area is 293 Å². The molecule has 2 N–H and O–H groups in total. The molecule has 5 heterocycles. The van der Waals surface area contributed by atoms with Crippen LogP contribution in [0.2, 0.25) is 10.0 Å². The van der Waals surface area contributed by atoms with Crippen molar-refractivity contribution in [1.29, 1.82) is 0 Å². The van der Waals surface area contributed by atoms with Gasteiger partial charge in [-0.05, 0) is 55.8 Å². The molecule has 0 radical (unpaired) electrons. The highest BCUT2D eigenvalue weighted by Crippen LogP contribution is 2.39. The van der Waals surface area contributed by atoms with Gasteiger partial charge in [-0.25, -0.2) is 9.97 Å². The summed E-state index contributed by atoms with van der Waals surface area (Å²) < 4.78 is 0. The van der Waals surface area contributed by atoms with Crippen LogP contribution in [0.3, 0.4) is 0 Å². The smallest absolute Gasteiger partial charge is 0.262 e. The van der Waals surface area contributed by atoms with Gasteiger partial charge in [0.2, 0.25) is 0 Å². The van der Waals surface area contributed by atoms with Crippen LogP contribution in [0.25, 0.3) is 42.9 Å². The molecule has 1 aliphatic rings. The summed E-state index contributed by atoms with van der Waals surface area (Å²) in [7, 11) is 0. The van der Waals surface area contributed by atoms with Crippen LogP contribution in [0.5, 0.6) is 0 Å². The molecule has 8 rings (SSSR count). The van der Waals surface area contributed by atoms with Crippen LogP contribution in [0.15, 0.2) is 96.2 Å². The van der Waals surface area contributed by atoms with Crippen LogP contribution < -0.4 is 5.73 Å². The number of thiazole rings is 2. The van der Waals surface area contributed by atoms with E-state index in [-0.39, 0.29) is 17.9 Å². The Morgan fingerprint density at radius 1 is 0.688 bits per heavy atom. The minimum absolute atomic E-state index is 0.0898. The number of aromatic nitrogens is 4. The fourth-order valence-corrected chi connectivity index (χ4v) is 7.49. The predicted molar refractivity (Wildman–Crippen MR) is 194 cm³/mol. The Morgan fingerprint density at radius 2 is 1.17 bits per heavy atom. The summed E-state index contributed by atoms with van der Waals surface area (Å²) in [6.07, 6.45) is 3.54. The average molecular weight is 710 g/mol. The number of hydrogen-bond donors (Lipinski definition) is 1. The molecule has 0 unspecified atom stereocenters. The van der Waals surface area contributed by atoms with Crippen LogP contribution >= 0.6 is 45.9 Å². The van der Waals surface area contributed by atoms with Crippen LogP contribution in [-0.4, -0.2) is 36.7 Å². The first-order valence-electron chi connectivity index (χ1n) is 14.9. The van der Waals surface area contributed by atoms with Gasteiger partial charge in [-0.15, -0.1) is 22.7 Å². The average Bonchev–Trinajstić information content (AvgIpc) is 3.87. The number of rotatable bonds is 5. The number of hydrogen-bond acceptors (Lipinski definition) is 9. The molecule has 48 heavy (non-hydrogen) atoms. The molecule has 0 saturated heterocycles. The van der Waals surface area contributed by atoms with Gasteiger partial charge in [-0.2, -0.15) is 0 Å². The number of halogens is 2. The normalized spacial score (nSPS) is 13.8. The molecule has 2 atom stereocenters. The van der Waals surface area contributed by atoms with Crippen LogP contribution in [0, 0.1) is 0 Å². The number of benzene rings is 3. The maximum atomic E-state index is 13.0. The Hall–Kier alpha value is -4.58. The van der Waals surface area contributed by atoms with Crippen molar-refractivity contribution in [2.75, 3.05) is 0 Å². The highest BCUT2D eigenvalue weighted by molar-refractivity contribution is 7.13. The van der Waals surface area contributed by atoms with E-state index >= 15 is 0 Å². The first-order valence-corrected chi connectivity index (χ1v) is 17.4. The monoisotopic (exact) mass is 708 g/mol. The summed E-state index contributed by atoms with van der Waals surface area (Å²) in [5, 5.41) is 3.06. The van der Waals surface area contributed by atoms with Crippen molar-refractivity contribution in [1.82, 2.24) is 24.8 Å². The van der Waals surface area contributed by atoms with Gasteiger partial charge in [0.05, 0.1) is 70.4 Å². The molecular weight excluding hydrogens is 683 g/mol. The lowest BCUT2D eigenvalue weighted by atomic mass is 10.0. The van der Waals surface area contributed by atoms with E-state index in [1.165, 1.54) is 16.2 Å². The van der Waals surface area contributed by atoms with E-state index in [4.69, 9.17) is 38.9 Å². The highest BCUT2D eigenvalue weighted by atomic mass is 35.5. The molecule has 7 aromatic rings. The number of nitrogens with zero attached hydrogens (tertiary/aromatic N) is 5. The molecule has 0 bridgehead atoms. The summed E-state index contributed by atoms with van der Waals surface area (Å²) in [6.45, 7) is 3.80. The van der Waals surface area contributed by atoms with Gasteiger partial charge in [0, 0.05) is 34.8 Å². The molecule has 12 heteroatoms. The molecule has 1 aliphatic heterocycles. The number of pyridine rings is 2. The van der Waals surface area contributed by atoms with Crippen molar-refractivity contribution in [3.05, 3.63) is 129 Å². The van der Waals surface area contributed by atoms with E-state index in [1.807, 2.05) is 56.4 Å². The van der Waals surface area contributed by atoms with E-state index in [0.29, 0.717) is 32.4 Å². The number of carbonyl (C=O) groups excluding carboxylic acids is 2. The lowest BCUT2D eigenvalue weighted by Gasteiger charge is -2.25. The second kappa shape index (κ2) is 13.1. The topological polar surface area (TPSA) is 115 Å². The number of carbonyl (C=O) groups is 2. The van der Waals surface area contributed by atoms with E-state index in [0.717, 1.165) is 42.9 Å². The van der Waals surface area contributed by atoms with Crippen LogP contribution in [0.1, 0.15) is 57.8 Å². The van der Waals surface area contributed by atoms with Crippen LogP contribution in [0.4, 0.5) is 0 Å². The third-order valence-electron chi connectivity index (χ3n) is 8.14. The van der Waals surface area contributed by atoms with Gasteiger partial charge in [-0.1, -0.05) is 59.6 Å². The third kappa shape index (κ3) is 5.76. The largest absolute Gasteiger partial charge is 0.324 e. The predicted octanol–water partition coefficient (Wildman–Crippen LogP) is 9.40. The van der Waals surface area contributed by atoms with E-state index in [1.54, 1.807) is 58.9 Å². The number of fused-ring (bicyclic) bond motifs is 3. The zero-order valence-electron chi connectivity index (χ0n) is 25.6. The van der Waals surface area contributed by atoms with Crippen molar-refractivity contribution in [3.8, 4) is 21.1 Å². The molecule has 4 aromatic heterocycles. The fraction of sp³-hybridized carbons (Fsp3) is 0.111. The first-order chi connectivity index (χ1) is 23.2. The molecule has 2 amide bonds. The molecule has 3 aromatic carbocycles. The lowest BCUT2D eigenvalue weighted by molar-refractivity contribution is 0.0595. The molecular formula is C36H26Cl2N6O2S2. The maximum absolute atomic E-state index is 13.0. The van der Waals surface area contributed by atoms with E-state index in [2.05, 4.69) is 16.0 Å². The lowest BCUT2D eigenvalue weighted by Crippen LogP contribution is -2.33. The van der Waals surface area contributed by atoms with Crippen molar-refractivity contribution in [2.45, 2.75) is 25.9 Å². The second-order valence-electron chi connectivity index (χ2n) is 11.2. The van der Waals surface area contributed by atoms with Gasteiger partial charge < -0.3 is 5.73 Å². The van der Waals surface area contributed by atoms with Gasteiger partial charge in [0.25, 0.3) is 11.8 Å². The van der Waals surface area contributed by atoms with Crippen molar-refractivity contribution < 1.29 is 9.59 Å². The fourth-order valence-electron chi connectivity index (χ4n) is 5.78. The van der Waals surface area contributed by atoms with Gasteiger partial charge in [0.1, 0.15) is 0 Å². The minimum atomic E-state index is -0.504.